The Kier molecular flexibility index (Phi) is 5.20. The summed E-state index contributed by atoms with van der Waals surface area (Å²) in [6, 6.07) is 13.8. The van der Waals surface area contributed by atoms with Gasteiger partial charge in [0.15, 0.2) is 0 Å². The van der Waals surface area contributed by atoms with Crippen LogP contribution in [0.1, 0.15) is 22.5 Å². The van der Waals surface area contributed by atoms with Crippen molar-refractivity contribution in [3.8, 4) is 0 Å². The van der Waals surface area contributed by atoms with Crippen LogP contribution in [-0.4, -0.2) is 30.2 Å². The molecule has 3 heterocycles. The lowest BCUT2D eigenvalue weighted by atomic mass is 10.1. The van der Waals surface area contributed by atoms with Crippen LogP contribution < -0.4 is 5.56 Å². The number of imidazole rings is 1. The number of hydrogen-bond acceptors (Lipinski definition) is 4. The maximum absolute atomic E-state index is 13.2. The quantitative estimate of drug-likeness (QED) is 0.551. The lowest BCUT2D eigenvalue weighted by molar-refractivity contribution is -0.131. The van der Waals surface area contributed by atoms with Crippen molar-refractivity contribution in [2.75, 3.05) is 0 Å². The Labute approximate surface area is 167 Å². The van der Waals surface area contributed by atoms with Crippen molar-refractivity contribution in [2.24, 2.45) is 0 Å². The van der Waals surface area contributed by atoms with Crippen LogP contribution in [0.25, 0.3) is 5.65 Å². The predicted octanol–water partition coefficient (Wildman–Crippen LogP) is 2.50. The number of amides is 1. The van der Waals surface area contributed by atoms with Gasteiger partial charge in [-0.3, -0.25) is 19.0 Å². The van der Waals surface area contributed by atoms with Crippen molar-refractivity contribution in [1.82, 2.24) is 24.3 Å². The van der Waals surface area contributed by atoms with E-state index in [2.05, 4.69) is 21.0 Å². The summed E-state index contributed by atoms with van der Waals surface area (Å²) in [7, 11) is 0. The van der Waals surface area contributed by atoms with E-state index in [4.69, 9.17) is 0 Å². The number of rotatable bonds is 6. The highest BCUT2D eigenvalue weighted by molar-refractivity contribution is 5.78. The van der Waals surface area contributed by atoms with Gasteiger partial charge in [0.25, 0.3) is 5.56 Å². The standard InChI is InChI=1S/C22H21N5O2/c1-16-5-4-6-17(11-16)14-26(15-18-7-2-3-8-23-18)20(28)12-19-13-25-21-22(29)24-9-10-27(19)21/h2-11,13H,12,14-15H2,1H3,(H,24,29). The second kappa shape index (κ2) is 8.10. The first-order chi connectivity index (χ1) is 14.1. The first kappa shape index (κ1) is 18.6. The predicted molar refractivity (Wildman–Crippen MR) is 109 cm³/mol. The number of benzene rings is 1. The third kappa shape index (κ3) is 4.24. The largest absolute Gasteiger partial charge is 0.332 e. The van der Waals surface area contributed by atoms with Crippen molar-refractivity contribution < 1.29 is 4.79 Å². The Morgan fingerprint density at radius 3 is 2.83 bits per heavy atom. The smallest absolute Gasteiger partial charge is 0.291 e. The third-order valence-electron chi connectivity index (χ3n) is 4.73. The summed E-state index contributed by atoms with van der Waals surface area (Å²) in [5.41, 5.74) is 3.70. The summed E-state index contributed by atoms with van der Waals surface area (Å²) in [4.78, 5) is 38.0. The van der Waals surface area contributed by atoms with Gasteiger partial charge in [-0.2, -0.15) is 0 Å². The molecule has 4 rings (SSSR count). The molecule has 0 fully saturated rings. The van der Waals surface area contributed by atoms with Gasteiger partial charge in [-0.15, -0.1) is 0 Å². The van der Waals surface area contributed by atoms with Gasteiger partial charge in [0.1, 0.15) is 0 Å². The van der Waals surface area contributed by atoms with Crippen molar-refractivity contribution in [3.05, 3.63) is 100 Å². The summed E-state index contributed by atoms with van der Waals surface area (Å²) in [5, 5.41) is 0. The number of nitrogens with one attached hydrogen (secondary N) is 1. The summed E-state index contributed by atoms with van der Waals surface area (Å²) in [6.07, 6.45) is 6.69. The van der Waals surface area contributed by atoms with Crippen LogP contribution in [-0.2, 0) is 24.3 Å². The number of H-pyrrole nitrogens is 1. The summed E-state index contributed by atoms with van der Waals surface area (Å²) in [6.45, 7) is 2.92. The topological polar surface area (TPSA) is 83.4 Å². The Morgan fingerprint density at radius 1 is 1.14 bits per heavy atom. The molecule has 0 radical (unpaired) electrons. The van der Waals surface area contributed by atoms with Crippen LogP contribution in [0.5, 0.6) is 0 Å². The molecule has 0 spiro atoms. The van der Waals surface area contributed by atoms with E-state index < -0.39 is 0 Å². The van der Waals surface area contributed by atoms with E-state index >= 15 is 0 Å². The van der Waals surface area contributed by atoms with Crippen LogP contribution in [0.2, 0.25) is 0 Å². The van der Waals surface area contributed by atoms with E-state index in [9.17, 15) is 9.59 Å². The molecule has 0 aliphatic carbocycles. The fourth-order valence-corrected chi connectivity index (χ4v) is 3.33. The molecule has 1 N–H and O–H groups in total. The minimum absolute atomic E-state index is 0.0563. The number of pyridine rings is 1. The molecular weight excluding hydrogens is 366 g/mol. The molecule has 0 saturated carbocycles. The van der Waals surface area contributed by atoms with Crippen molar-refractivity contribution in [1.29, 1.82) is 0 Å². The molecule has 0 atom stereocenters. The number of aromatic amines is 1. The minimum Gasteiger partial charge on any atom is -0.332 e. The molecule has 0 bridgehead atoms. The van der Waals surface area contributed by atoms with Crippen molar-refractivity contribution in [2.45, 2.75) is 26.4 Å². The molecule has 3 aromatic heterocycles. The minimum atomic E-state index is -0.281. The fraction of sp³-hybridized carbons (Fsp3) is 0.182. The number of carbonyl (C=O) groups is 1. The van der Waals surface area contributed by atoms with Gasteiger partial charge in [0.05, 0.1) is 24.4 Å². The second-order valence-corrected chi connectivity index (χ2v) is 6.97. The van der Waals surface area contributed by atoms with E-state index in [1.165, 1.54) is 0 Å². The van der Waals surface area contributed by atoms with Crippen molar-refractivity contribution >= 4 is 11.6 Å². The average molecular weight is 387 g/mol. The van der Waals surface area contributed by atoms with Gasteiger partial charge in [-0.1, -0.05) is 35.9 Å². The SMILES string of the molecule is Cc1cccc(CN(Cc2ccccn2)C(=O)Cc2cnc3c(=O)[nH]ccn23)c1. The van der Waals surface area contributed by atoms with Crippen LogP contribution >= 0.6 is 0 Å². The van der Waals surface area contributed by atoms with Crippen molar-refractivity contribution in [3.63, 3.8) is 0 Å². The van der Waals surface area contributed by atoms with Gasteiger partial charge in [-0.05, 0) is 24.6 Å². The molecule has 4 aromatic rings. The van der Waals surface area contributed by atoms with Crippen LogP contribution in [0.4, 0.5) is 0 Å². The van der Waals surface area contributed by atoms with Gasteiger partial charge in [0, 0.05) is 31.3 Å². The highest BCUT2D eigenvalue weighted by Crippen LogP contribution is 2.13. The Bertz CT molecular complexity index is 1200. The van der Waals surface area contributed by atoms with Crippen LogP contribution in [0.15, 0.2) is 72.0 Å². The van der Waals surface area contributed by atoms with Gasteiger partial charge in [0.2, 0.25) is 11.6 Å². The van der Waals surface area contributed by atoms with Gasteiger partial charge < -0.3 is 9.88 Å². The summed E-state index contributed by atoms with van der Waals surface area (Å²) >= 11 is 0. The molecule has 0 aliphatic heterocycles. The molecule has 7 nitrogen and oxygen atoms in total. The maximum Gasteiger partial charge on any atom is 0.291 e. The second-order valence-electron chi connectivity index (χ2n) is 6.97. The molecule has 0 aliphatic rings. The van der Waals surface area contributed by atoms with E-state index in [1.807, 2.05) is 43.3 Å². The molecule has 29 heavy (non-hydrogen) atoms. The molecule has 1 amide bonds. The zero-order valence-electron chi connectivity index (χ0n) is 16.1. The molecule has 7 heteroatoms. The monoisotopic (exact) mass is 387 g/mol. The zero-order valence-corrected chi connectivity index (χ0v) is 16.1. The third-order valence-corrected chi connectivity index (χ3v) is 4.73. The normalized spacial score (nSPS) is 10.9. The van der Waals surface area contributed by atoms with Gasteiger partial charge >= 0.3 is 0 Å². The Balaban J connectivity index is 1.61. The zero-order chi connectivity index (χ0) is 20.2. The molecule has 1 aromatic carbocycles. The lowest BCUT2D eigenvalue weighted by Crippen LogP contribution is -2.32. The Hall–Kier alpha value is -3.74. The number of fused-ring (bicyclic) bond motifs is 1. The van der Waals surface area contributed by atoms with E-state index in [1.54, 1.807) is 34.1 Å². The maximum atomic E-state index is 13.2. The average Bonchev–Trinajstić information content (AvgIpc) is 3.12. The number of nitrogens with zero attached hydrogens (tertiary/aromatic N) is 4. The van der Waals surface area contributed by atoms with Crippen LogP contribution in [0, 0.1) is 6.92 Å². The van der Waals surface area contributed by atoms with E-state index in [0.29, 0.717) is 18.8 Å². The van der Waals surface area contributed by atoms with E-state index in [-0.39, 0.29) is 23.5 Å². The highest BCUT2D eigenvalue weighted by Gasteiger charge is 2.18. The molecule has 146 valence electrons. The molecule has 0 saturated heterocycles. The number of aryl methyl sites for hydroxylation is 1. The number of hydrogen-bond donors (Lipinski definition) is 1. The van der Waals surface area contributed by atoms with E-state index in [0.717, 1.165) is 16.8 Å². The molecule has 0 unspecified atom stereocenters. The Morgan fingerprint density at radius 2 is 2.03 bits per heavy atom. The van der Waals surface area contributed by atoms with Gasteiger partial charge in [-0.25, -0.2) is 4.98 Å². The first-order valence-electron chi connectivity index (χ1n) is 9.37. The summed E-state index contributed by atoms with van der Waals surface area (Å²) in [5.74, 6) is -0.0563. The highest BCUT2D eigenvalue weighted by atomic mass is 16.2. The summed E-state index contributed by atoms with van der Waals surface area (Å²) < 4.78 is 1.66. The first-order valence-corrected chi connectivity index (χ1v) is 9.37. The lowest BCUT2D eigenvalue weighted by Gasteiger charge is -2.23. The van der Waals surface area contributed by atoms with Crippen LogP contribution in [0.3, 0.4) is 0 Å². The fourth-order valence-electron chi connectivity index (χ4n) is 3.33. The number of aromatic nitrogens is 4. The molecular formula is C22H21N5O2. The number of carbonyl (C=O) groups excluding carboxylic acids is 1.